The number of benzene rings is 2. The highest BCUT2D eigenvalue weighted by molar-refractivity contribution is 5.97. The van der Waals surface area contributed by atoms with Crippen LogP contribution in [0.2, 0.25) is 0 Å². The van der Waals surface area contributed by atoms with Gasteiger partial charge in [-0.3, -0.25) is 4.79 Å². The minimum atomic E-state index is -0.0688. The van der Waals surface area contributed by atoms with Crippen molar-refractivity contribution in [1.29, 1.82) is 0 Å². The van der Waals surface area contributed by atoms with Crippen LogP contribution in [0.15, 0.2) is 71.8 Å². The van der Waals surface area contributed by atoms with E-state index in [0.717, 1.165) is 29.7 Å². The average Bonchev–Trinajstić information content (AvgIpc) is 2.85. The Kier molecular flexibility index (Phi) is 5.22. The second kappa shape index (κ2) is 7.56. The fourth-order valence-corrected chi connectivity index (χ4v) is 3.38. The third kappa shape index (κ3) is 3.76. The van der Waals surface area contributed by atoms with Gasteiger partial charge in [0.1, 0.15) is 6.17 Å². The first-order valence-corrected chi connectivity index (χ1v) is 8.93. The second-order valence-corrected chi connectivity index (χ2v) is 6.81. The lowest BCUT2D eigenvalue weighted by molar-refractivity contribution is -0.128. The Bertz CT molecular complexity index is 752. The minimum absolute atomic E-state index is 0.0688. The number of anilines is 1. The van der Waals surface area contributed by atoms with Crippen LogP contribution < -0.4 is 5.32 Å². The van der Waals surface area contributed by atoms with Crippen LogP contribution in [-0.4, -0.2) is 23.0 Å². The highest BCUT2D eigenvalue weighted by Gasteiger charge is 2.37. The predicted molar refractivity (Wildman–Crippen MR) is 103 cm³/mol. The largest absolute Gasteiger partial charge is 0.362 e. The lowest BCUT2D eigenvalue weighted by atomic mass is 10.0. The van der Waals surface area contributed by atoms with E-state index >= 15 is 0 Å². The van der Waals surface area contributed by atoms with Crippen molar-refractivity contribution in [2.45, 2.75) is 45.8 Å². The summed E-state index contributed by atoms with van der Waals surface area (Å²) in [5.41, 5.74) is 4.32. The zero-order valence-corrected chi connectivity index (χ0v) is 15.2. The summed E-state index contributed by atoms with van der Waals surface area (Å²) in [5.74, 6) is 0.145. The van der Waals surface area contributed by atoms with Crippen LogP contribution in [0.4, 0.5) is 5.69 Å². The number of aryl methyl sites for hydroxylation is 1. The fraction of sp³-hybridized carbons (Fsp3) is 0.318. The maximum atomic E-state index is 12.8. The van der Waals surface area contributed by atoms with Gasteiger partial charge in [-0.1, -0.05) is 48.5 Å². The number of nitrogens with zero attached hydrogens (tertiary/aromatic N) is 1. The third-order valence-corrected chi connectivity index (χ3v) is 5.08. The average molecular weight is 334 g/mol. The van der Waals surface area contributed by atoms with E-state index in [0.29, 0.717) is 0 Å². The van der Waals surface area contributed by atoms with E-state index in [-0.39, 0.29) is 18.1 Å². The standard InChI is InChI=1S/C22H26N2O/c1-16(14-15-19-10-6-4-7-11-19)24-21(17(2)18(3)22(24)25)23-20-12-8-5-9-13-20/h4-13,16,21,23H,14-15H2,1-3H3. The molecule has 1 amide bonds. The molecule has 25 heavy (non-hydrogen) atoms. The molecule has 3 nitrogen and oxygen atoms in total. The highest BCUT2D eigenvalue weighted by atomic mass is 16.2. The van der Waals surface area contributed by atoms with E-state index < -0.39 is 0 Å². The highest BCUT2D eigenvalue weighted by Crippen LogP contribution is 2.29. The zero-order chi connectivity index (χ0) is 17.8. The number of carbonyl (C=O) groups excluding carboxylic acids is 1. The fourth-order valence-electron chi connectivity index (χ4n) is 3.38. The van der Waals surface area contributed by atoms with Crippen LogP contribution in [0.25, 0.3) is 0 Å². The molecule has 2 aromatic carbocycles. The first-order valence-electron chi connectivity index (χ1n) is 8.93. The van der Waals surface area contributed by atoms with Crippen LogP contribution >= 0.6 is 0 Å². The van der Waals surface area contributed by atoms with Gasteiger partial charge in [0.05, 0.1) is 0 Å². The smallest absolute Gasteiger partial charge is 0.251 e. The summed E-state index contributed by atoms with van der Waals surface area (Å²) < 4.78 is 0. The Labute approximate surface area is 150 Å². The Morgan fingerprint density at radius 3 is 2.24 bits per heavy atom. The summed E-state index contributed by atoms with van der Waals surface area (Å²) in [6.45, 7) is 6.13. The van der Waals surface area contributed by atoms with Gasteiger partial charge in [0, 0.05) is 17.3 Å². The van der Waals surface area contributed by atoms with Gasteiger partial charge in [0.25, 0.3) is 5.91 Å². The molecule has 2 atom stereocenters. The van der Waals surface area contributed by atoms with Gasteiger partial charge < -0.3 is 10.2 Å². The number of nitrogens with one attached hydrogen (secondary N) is 1. The topological polar surface area (TPSA) is 32.3 Å². The molecule has 0 radical (unpaired) electrons. The van der Waals surface area contributed by atoms with E-state index in [9.17, 15) is 4.79 Å². The molecule has 1 heterocycles. The molecule has 2 unspecified atom stereocenters. The molecule has 3 rings (SSSR count). The molecule has 0 bridgehead atoms. The zero-order valence-electron chi connectivity index (χ0n) is 15.2. The SMILES string of the molecule is CC1=C(C)C(Nc2ccccc2)N(C(C)CCc2ccccc2)C1=O. The molecule has 0 aromatic heterocycles. The van der Waals surface area contributed by atoms with Crippen molar-refractivity contribution in [2.75, 3.05) is 5.32 Å². The Morgan fingerprint density at radius 2 is 1.60 bits per heavy atom. The number of hydrogen-bond donors (Lipinski definition) is 1. The monoisotopic (exact) mass is 334 g/mol. The van der Waals surface area contributed by atoms with Gasteiger partial charge in [-0.15, -0.1) is 0 Å². The van der Waals surface area contributed by atoms with Crippen LogP contribution in [-0.2, 0) is 11.2 Å². The van der Waals surface area contributed by atoms with Crippen LogP contribution in [0, 0.1) is 0 Å². The van der Waals surface area contributed by atoms with Crippen molar-refractivity contribution in [2.24, 2.45) is 0 Å². The van der Waals surface area contributed by atoms with Gasteiger partial charge in [-0.25, -0.2) is 0 Å². The van der Waals surface area contributed by atoms with E-state index in [1.165, 1.54) is 5.56 Å². The molecule has 1 aliphatic rings. The molecule has 130 valence electrons. The van der Waals surface area contributed by atoms with Gasteiger partial charge >= 0.3 is 0 Å². The van der Waals surface area contributed by atoms with Crippen LogP contribution in [0.1, 0.15) is 32.8 Å². The van der Waals surface area contributed by atoms with Crippen molar-refractivity contribution >= 4 is 11.6 Å². The van der Waals surface area contributed by atoms with E-state index in [1.54, 1.807) is 0 Å². The molecule has 0 spiro atoms. The van der Waals surface area contributed by atoms with Crippen molar-refractivity contribution < 1.29 is 4.79 Å². The number of hydrogen-bond acceptors (Lipinski definition) is 2. The number of carbonyl (C=O) groups is 1. The van der Waals surface area contributed by atoms with E-state index in [1.807, 2.05) is 48.2 Å². The molecule has 1 N–H and O–H groups in total. The molecule has 0 aliphatic carbocycles. The third-order valence-electron chi connectivity index (χ3n) is 5.08. The summed E-state index contributed by atoms with van der Waals surface area (Å²) in [5, 5.41) is 3.53. The van der Waals surface area contributed by atoms with Gasteiger partial charge in [-0.05, 0) is 56.9 Å². The summed E-state index contributed by atoms with van der Waals surface area (Å²) in [7, 11) is 0. The minimum Gasteiger partial charge on any atom is -0.362 e. The van der Waals surface area contributed by atoms with E-state index in [2.05, 4.69) is 43.4 Å². The lowest BCUT2D eigenvalue weighted by Gasteiger charge is -2.33. The molecule has 1 aliphatic heterocycles. The molecule has 2 aromatic rings. The maximum Gasteiger partial charge on any atom is 0.251 e. The van der Waals surface area contributed by atoms with Crippen molar-refractivity contribution in [3.63, 3.8) is 0 Å². The van der Waals surface area contributed by atoms with Crippen LogP contribution in [0.5, 0.6) is 0 Å². The first-order chi connectivity index (χ1) is 12.1. The second-order valence-electron chi connectivity index (χ2n) is 6.81. The Morgan fingerprint density at radius 1 is 1.00 bits per heavy atom. The molecule has 0 saturated heterocycles. The summed E-state index contributed by atoms with van der Waals surface area (Å²) in [6.07, 6.45) is 1.85. The van der Waals surface area contributed by atoms with Gasteiger partial charge in [0.15, 0.2) is 0 Å². The number of amides is 1. The lowest BCUT2D eigenvalue weighted by Crippen LogP contribution is -2.46. The number of rotatable bonds is 6. The predicted octanol–water partition coefficient (Wildman–Crippen LogP) is 4.62. The molecule has 0 fully saturated rings. The molecular formula is C22H26N2O. The quantitative estimate of drug-likeness (QED) is 0.836. The first kappa shape index (κ1) is 17.3. The Hall–Kier alpha value is -2.55. The normalized spacial score (nSPS) is 18.6. The summed E-state index contributed by atoms with van der Waals surface area (Å²) >= 11 is 0. The molecule has 3 heteroatoms. The van der Waals surface area contributed by atoms with Crippen molar-refractivity contribution in [3.8, 4) is 0 Å². The van der Waals surface area contributed by atoms with Crippen molar-refractivity contribution in [1.82, 2.24) is 4.90 Å². The molecule has 0 saturated carbocycles. The summed E-state index contributed by atoms with van der Waals surface area (Å²) in [4.78, 5) is 14.8. The number of para-hydroxylation sites is 1. The summed E-state index contributed by atoms with van der Waals surface area (Å²) in [6, 6.07) is 20.7. The van der Waals surface area contributed by atoms with Crippen LogP contribution in [0.3, 0.4) is 0 Å². The molecular weight excluding hydrogens is 308 g/mol. The maximum absolute atomic E-state index is 12.8. The van der Waals surface area contributed by atoms with Gasteiger partial charge in [-0.2, -0.15) is 0 Å². The van der Waals surface area contributed by atoms with Gasteiger partial charge in [0.2, 0.25) is 0 Å². The van der Waals surface area contributed by atoms with E-state index in [4.69, 9.17) is 0 Å². The Balaban J connectivity index is 1.74. The van der Waals surface area contributed by atoms with Crippen molar-refractivity contribution in [3.05, 3.63) is 77.4 Å².